The summed E-state index contributed by atoms with van der Waals surface area (Å²) < 4.78 is 13.2. The number of nitrogens with zero attached hydrogens (tertiary/aromatic N) is 2. The molecule has 2 aliphatic carbocycles. The van der Waals surface area contributed by atoms with E-state index in [0.29, 0.717) is 13.1 Å². The molecule has 6 atom stereocenters. The number of aliphatic hydroxyl groups is 1. The lowest BCUT2D eigenvalue weighted by atomic mass is 9.53. The summed E-state index contributed by atoms with van der Waals surface area (Å²) >= 11 is 1.66. The van der Waals surface area contributed by atoms with Crippen molar-refractivity contribution >= 4 is 28.1 Å². The lowest BCUT2D eigenvalue weighted by molar-refractivity contribution is -0.144. The molecule has 1 fully saturated rings. The van der Waals surface area contributed by atoms with Gasteiger partial charge in [0.15, 0.2) is 5.13 Å². The van der Waals surface area contributed by atoms with Gasteiger partial charge >= 0.3 is 0 Å². The Morgan fingerprint density at radius 2 is 2.00 bits per heavy atom. The fraction of sp³-hybridized carbons (Fsp3) is 0.615. The van der Waals surface area contributed by atoms with Crippen LogP contribution in [0.15, 0.2) is 24.3 Å². The van der Waals surface area contributed by atoms with E-state index < -0.39 is 6.10 Å². The number of benzene rings is 1. The first-order valence-corrected chi connectivity index (χ1v) is 13.0. The second-order valence-electron chi connectivity index (χ2n) is 10.1. The van der Waals surface area contributed by atoms with Crippen LogP contribution >= 0.6 is 11.3 Å². The topological polar surface area (TPSA) is 65.5 Å². The molecular formula is C26H36FN3O2S. The third-order valence-corrected chi connectivity index (χ3v) is 9.11. The monoisotopic (exact) mass is 473 g/mol. The molecule has 1 amide bonds. The number of fused-ring (bicyclic) bond motifs is 2. The van der Waals surface area contributed by atoms with E-state index in [1.165, 1.54) is 17.0 Å². The van der Waals surface area contributed by atoms with Crippen LogP contribution in [0.1, 0.15) is 63.9 Å². The Morgan fingerprint density at radius 1 is 1.33 bits per heavy atom. The van der Waals surface area contributed by atoms with Gasteiger partial charge in [-0.1, -0.05) is 20.8 Å². The smallest absolute Gasteiger partial charge is 0.225 e. The van der Waals surface area contributed by atoms with Crippen molar-refractivity contribution in [2.24, 2.45) is 23.2 Å². The number of thiazole rings is 1. The molecule has 5 nitrogen and oxygen atoms in total. The standard InChI is InChI=1S/C26H36FN3O2S/c1-6-30(7-2)24(32)15(3)19-12-13-26(5)14-20-22(16(4)21(26)23(19)31)29-25(33-20)28-18-10-8-17(27)9-11-18/h8-11,15-16,19,21,23,31H,6-7,12-14H2,1-5H3,(H,28,29). The molecule has 0 saturated heterocycles. The Morgan fingerprint density at radius 3 is 2.64 bits per heavy atom. The van der Waals surface area contributed by atoms with Crippen LogP contribution in [0.2, 0.25) is 0 Å². The maximum absolute atomic E-state index is 13.2. The van der Waals surface area contributed by atoms with Crippen LogP contribution in [-0.4, -0.2) is 40.1 Å². The molecule has 2 aromatic rings. The number of hydrogen-bond acceptors (Lipinski definition) is 5. The van der Waals surface area contributed by atoms with Crippen molar-refractivity contribution in [1.29, 1.82) is 0 Å². The number of anilines is 2. The van der Waals surface area contributed by atoms with E-state index in [4.69, 9.17) is 4.98 Å². The first-order valence-electron chi connectivity index (χ1n) is 12.2. The number of nitrogens with one attached hydrogen (secondary N) is 1. The molecule has 1 saturated carbocycles. The quantitative estimate of drug-likeness (QED) is 0.575. The summed E-state index contributed by atoms with van der Waals surface area (Å²) in [4.78, 5) is 21.1. The second-order valence-corrected chi connectivity index (χ2v) is 11.2. The summed E-state index contributed by atoms with van der Waals surface area (Å²) in [6.45, 7) is 11.9. The summed E-state index contributed by atoms with van der Waals surface area (Å²) in [6, 6.07) is 6.29. The summed E-state index contributed by atoms with van der Waals surface area (Å²) in [6.07, 6.45) is 2.22. The minimum absolute atomic E-state index is 0.0139. The van der Waals surface area contributed by atoms with Crippen LogP contribution in [-0.2, 0) is 11.2 Å². The van der Waals surface area contributed by atoms with Crippen molar-refractivity contribution in [1.82, 2.24) is 9.88 Å². The predicted octanol–water partition coefficient (Wildman–Crippen LogP) is 5.58. The number of halogens is 1. The highest BCUT2D eigenvalue weighted by Crippen LogP contribution is 2.57. The normalized spacial score (nSPS) is 29.7. The van der Waals surface area contributed by atoms with Gasteiger partial charge in [0.25, 0.3) is 0 Å². The summed E-state index contributed by atoms with van der Waals surface area (Å²) in [5, 5.41) is 15.7. The van der Waals surface area contributed by atoms with Gasteiger partial charge < -0.3 is 15.3 Å². The van der Waals surface area contributed by atoms with Crippen molar-refractivity contribution in [2.45, 2.75) is 65.9 Å². The van der Waals surface area contributed by atoms with Crippen LogP contribution in [0.3, 0.4) is 0 Å². The van der Waals surface area contributed by atoms with Gasteiger partial charge in [-0.05, 0) is 74.6 Å². The van der Waals surface area contributed by atoms with Gasteiger partial charge in [-0.15, -0.1) is 11.3 Å². The number of hydrogen-bond donors (Lipinski definition) is 2. The molecule has 0 bridgehead atoms. The number of aliphatic hydroxyl groups excluding tert-OH is 1. The molecule has 2 aliphatic rings. The molecule has 180 valence electrons. The van der Waals surface area contributed by atoms with Crippen LogP contribution in [0.5, 0.6) is 0 Å². The molecule has 1 aromatic carbocycles. The molecule has 7 heteroatoms. The molecule has 0 radical (unpaired) electrons. The van der Waals surface area contributed by atoms with Crippen LogP contribution < -0.4 is 5.32 Å². The fourth-order valence-electron chi connectivity index (χ4n) is 6.26. The number of carbonyl (C=O) groups is 1. The highest BCUT2D eigenvalue weighted by molar-refractivity contribution is 7.15. The van der Waals surface area contributed by atoms with E-state index in [2.05, 4.69) is 19.2 Å². The van der Waals surface area contributed by atoms with Crippen molar-refractivity contribution in [3.8, 4) is 0 Å². The molecule has 2 N–H and O–H groups in total. The minimum Gasteiger partial charge on any atom is -0.392 e. The van der Waals surface area contributed by atoms with E-state index in [1.54, 1.807) is 23.5 Å². The number of rotatable bonds is 6. The summed E-state index contributed by atoms with van der Waals surface area (Å²) in [7, 11) is 0. The molecule has 4 rings (SSSR count). The Labute approximate surface area is 200 Å². The number of carbonyl (C=O) groups excluding carboxylic acids is 1. The largest absolute Gasteiger partial charge is 0.392 e. The average molecular weight is 474 g/mol. The van der Waals surface area contributed by atoms with Gasteiger partial charge in [-0.2, -0.15) is 0 Å². The third kappa shape index (κ3) is 4.42. The molecule has 1 heterocycles. The van der Waals surface area contributed by atoms with Crippen molar-refractivity contribution < 1.29 is 14.3 Å². The first kappa shape index (κ1) is 24.1. The summed E-state index contributed by atoms with van der Waals surface area (Å²) in [5.74, 6) is -0.165. The Bertz CT molecular complexity index is 990. The number of aromatic nitrogens is 1. The van der Waals surface area contributed by atoms with Crippen molar-refractivity contribution in [3.05, 3.63) is 40.7 Å². The van der Waals surface area contributed by atoms with Gasteiger partial charge in [-0.25, -0.2) is 9.37 Å². The second kappa shape index (κ2) is 9.34. The zero-order chi connectivity index (χ0) is 23.9. The lowest BCUT2D eigenvalue weighted by Crippen LogP contribution is -2.53. The van der Waals surface area contributed by atoms with E-state index in [0.717, 1.165) is 35.8 Å². The van der Waals surface area contributed by atoms with Gasteiger partial charge in [0.1, 0.15) is 5.82 Å². The Kier molecular flexibility index (Phi) is 6.83. The maximum Gasteiger partial charge on any atom is 0.225 e. The zero-order valence-electron chi connectivity index (χ0n) is 20.3. The van der Waals surface area contributed by atoms with Crippen LogP contribution in [0.4, 0.5) is 15.2 Å². The van der Waals surface area contributed by atoms with Gasteiger partial charge in [0, 0.05) is 35.5 Å². The van der Waals surface area contributed by atoms with Crippen molar-refractivity contribution in [3.63, 3.8) is 0 Å². The number of amides is 1. The van der Waals surface area contributed by atoms with E-state index in [-0.39, 0.29) is 40.8 Å². The van der Waals surface area contributed by atoms with E-state index in [1.807, 2.05) is 25.7 Å². The van der Waals surface area contributed by atoms with E-state index in [9.17, 15) is 14.3 Å². The highest BCUT2D eigenvalue weighted by atomic mass is 32.1. The lowest BCUT2D eigenvalue weighted by Gasteiger charge is -2.53. The minimum atomic E-state index is -0.531. The zero-order valence-corrected chi connectivity index (χ0v) is 21.1. The fourth-order valence-corrected chi connectivity index (χ4v) is 7.55. The molecule has 6 unspecified atom stereocenters. The summed E-state index contributed by atoms with van der Waals surface area (Å²) in [5.41, 5.74) is 1.84. The molecular weight excluding hydrogens is 437 g/mol. The molecule has 33 heavy (non-hydrogen) atoms. The highest BCUT2D eigenvalue weighted by Gasteiger charge is 2.54. The van der Waals surface area contributed by atoms with Gasteiger partial charge in [0.2, 0.25) is 5.91 Å². The third-order valence-electron chi connectivity index (χ3n) is 8.12. The molecule has 0 aliphatic heterocycles. The molecule has 1 aromatic heterocycles. The van der Waals surface area contributed by atoms with E-state index >= 15 is 0 Å². The van der Waals surface area contributed by atoms with Crippen LogP contribution in [0.25, 0.3) is 0 Å². The van der Waals surface area contributed by atoms with Crippen LogP contribution in [0, 0.1) is 29.0 Å². The first-order chi connectivity index (χ1) is 15.7. The van der Waals surface area contributed by atoms with Crippen molar-refractivity contribution in [2.75, 3.05) is 18.4 Å². The Balaban J connectivity index is 1.57. The van der Waals surface area contributed by atoms with Gasteiger partial charge in [-0.3, -0.25) is 4.79 Å². The maximum atomic E-state index is 13.2. The predicted molar refractivity (Wildman–Crippen MR) is 131 cm³/mol. The SMILES string of the molecule is CCN(CC)C(=O)C(C)C1CCC2(C)Cc3sc(Nc4ccc(F)cc4)nc3C(C)C2C1O. The molecule has 0 spiro atoms. The average Bonchev–Trinajstić information content (AvgIpc) is 3.17. The Hall–Kier alpha value is -1.99. The van der Waals surface area contributed by atoms with Gasteiger partial charge in [0.05, 0.1) is 11.8 Å².